The lowest BCUT2D eigenvalue weighted by atomic mass is 10.1. The summed E-state index contributed by atoms with van der Waals surface area (Å²) in [6, 6.07) is 11.1. The van der Waals surface area contributed by atoms with Gasteiger partial charge in [-0.25, -0.2) is 0 Å². The molecule has 0 bridgehead atoms. The molecule has 0 aliphatic carbocycles. The van der Waals surface area contributed by atoms with Crippen LogP contribution in [0.3, 0.4) is 0 Å². The van der Waals surface area contributed by atoms with Crippen molar-refractivity contribution in [3.63, 3.8) is 0 Å². The Morgan fingerprint density at radius 3 is 2.52 bits per heavy atom. The zero-order valence-corrected chi connectivity index (χ0v) is 14.3. The molecule has 0 aliphatic heterocycles. The molecule has 0 saturated heterocycles. The molecule has 23 heavy (non-hydrogen) atoms. The number of aromatic nitrogens is 1. The molecule has 6 heteroatoms. The number of hydrogen-bond donors (Lipinski definition) is 1. The minimum Gasteiger partial charge on any atom is -0.497 e. The lowest BCUT2D eigenvalue weighted by molar-refractivity contribution is -0.137. The maximum Gasteiger partial charge on any atom is 0.287 e. The normalized spacial score (nSPS) is 10.2. The molecule has 1 aromatic carbocycles. The van der Waals surface area contributed by atoms with Crippen LogP contribution in [0.5, 0.6) is 5.75 Å². The molecule has 0 fully saturated rings. The second-order valence-corrected chi connectivity index (χ2v) is 5.84. The Bertz CT molecular complexity index is 669. The first kappa shape index (κ1) is 17.1. The van der Waals surface area contributed by atoms with Gasteiger partial charge in [-0.05, 0) is 52.2 Å². The Balaban J connectivity index is 1.77. The van der Waals surface area contributed by atoms with Crippen LogP contribution >= 0.6 is 15.9 Å². The van der Waals surface area contributed by atoms with Gasteiger partial charge in [-0.15, -0.1) is 0 Å². The van der Waals surface area contributed by atoms with Gasteiger partial charge in [0.1, 0.15) is 5.75 Å². The average molecular weight is 377 g/mol. The maximum atomic E-state index is 11.8. The molecular formula is C17H17BrN2O3. The van der Waals surface area contributed by atoms with Crippen molar-refractivity contribution in [2.24, 2.45) is 0 Å². The number of methoxy groups -OCH3 is 1. The van der Waals surface area contributed by atoms with Gasteiger partial charge in [-0.3, -0.25) is 14.6 Å². The van der Waals surface area contributed by atoms with Crippen molar-refractivity contribution in [2.75, 3.05) is 13.7 Å². The number of nitrogens with zero attached hydrogens (tertiary/aromatic N) is 1. The number of nitrogens with one attached hydrogen (secondary N) is 1. The summed E-state index contributed by atoms with van der Waals surface area (Å²) >= 11 is 3.27. The quantitative estimate of drug-likeness (QED) is 0.752. The lowest BCUT2D eigenvalue weighted by Gasteiger charge is -2.06. The third-order valence-electron chi connectivity index (χ3n) is 3.24. The van der Waals surface area contributed by atoms with Crippen molar-refractivity contribution in [1.82, 2.24) is 10.3 Å². The maximum absolute atomic E-state index is 11.8. The van der Waals surface area contributed by atoms with Crippen LogP contribution in [-0.4, -0.2) is 30.3 Å². The molecule has 2 rings (SSSR count). The van der Waals surface area contributed by atoms with Crippen LogP contribution in [0.15, 0.2) is 47.1 Å². The Morgan fingerprint density at radius 2 is 1.91 bits per heavy atom. The molecule has 0 radical (unpaired) electrons. The number of benzene rings is 1. The van der Waals surface area contributed by atoms with Crippen LogP contribution in [0.4, 0.5) is 0 Å². The van der Waals surface area contributed by atoms with E-state index in [0.717, 1.165) is 15.8 Å². The molecule has 1 aromatic heterocycles. The Labute approximate surface area is 143 Å². The predicted octanol–water partition coefficient (Wildman–Crippen LogP) is 2.32. The van der Waals surface area contributed by atoms with Crippen LogP contribution < -0.4 is 10.1 Å². The van der Waals surface area contributed by atoms with Gasteiger partial charge in [0.05, 0.1) is 13.5 Å². The van der Waals surface area contributed by atoms with Crippen LogP contribution in [-0.2, 0) is 22.4 Å². The third-order valence-corrected chi connectivity index (χ3v) is 3.71. The number of rotatable bonds is 7. The number of ketones is 1. The standard InChI is InChI=1S/C17H17BrN2O3/c1-23-15-6-2-12(3-7-15)8-9-19-17(22)16(21)10-14-5-4-13(18)11-20-14/h2-7,11H,8-10H2,1H3,(H,19,22). The second-order valence-electron chi connectivity index (χ2n) is 4.92. The van der Waals surface area contributed by atoms with Crippen LogP contribution in [0.1, 0.15) is 11.3 Å². The summed E-state index contributed by atoms with van der Waals surface area (Å²) in [5, 5.41) is 2.63. The van der Waals surface area contributed by atoms with Crippen molar-refractivity contribution in [2.45, 2.75) is 12.8 Å². The highest BCUT2D eigenvalue weighted by molar-refractivity contribution is 9.10. The van der Waals surface area contributed by atoms with Gasteiger partial charge in [0.2, 0.25) is 5.78 Å². The number of halogens is 1. The molecule has 0 spiro atoms. The molecule has 5 nitrogen and oxygen atoms in total. The number of carbonyl (C=O) groups excluding carboxylic acids is 2. The number of pyridine rings is 1. The van der Waals surface area contributed by atoms with E-state index < -0.39 is 11.7 Å². The number of amides is 1. The fraction of sp³-hybridized carbons (Fsp3) is 0.235. The molecular weight excluding hydrogens is 360 g/mol. The summed E-state index contributed by atoms with van der Waals surface area (Å²) in [7, 11) is 1.61. The second kappa shape index (κ2) is 8.43. The fourth-order valence-corrected chi connectivity index (χ4v) is 2.20. The number of ether oxygens (including phenoxy) is 1. The lowest BCUT2D eigenvalue weighted by Crippen LogP contribution is -2.33. The van der Waals surface area contributed by atoms with E-state index in [9.17, 15) is 9.59 Å². The highest BCUT2D eigenvalue weighted by Gasteiger charge is 2.14. The van der Waals surface area contributed by atoms with Gasteiger partial charge in [0.25, 0.3) is 5.91 Å². The zero-order chi connectivity index (χ0) is 16.7. The predicted molar refractivity (Wildman–Crippen MR) is 90.4 cm³/mol. The van der Waals surface area contributed by atoms with Crippen LogP contribution in [0.2, 0.25) is 0 Å². The summed E-state index contributed by atoms with van der Waals surface area (Å²) in [6.45, 7) is 0.407. The number of hydrogen-bond acceptors (Lipinski definition) is 4. The number of carbonyl (C=O) groups is 2. The molecule has 2 aromatic rings. The Morgan fingerprint density at radius 1 is 1.17 bits per heavy atom. The first-order valence-corrected chi connectivity index (χ1v) is 7.92. The van der Waals surface area contributed by atoms with Gasteiger partial charge < -0.3 is 10.1 Å². The van der Waals surface area contributed by atoms with Gasteiger partial charge in [0, 0.05) is 22.9 Å². The molecule has 0 aliphatic rings. The summed E-state index contributed by atoms with van der Waals surface area (Å²) in [6.07, 6.45) is 2.26. The van der Waals surface area contributed by atoms with Crippen LogP contribution in [0.25, 0.3) is 0 Å². The topological polar surface area (TPSA) is 68.3 Å². The molecule has 0 saturated carbocycles. The average Bonchev–Trinajstić information content (AvgIpc) is 2.57. The monoisotopic (exact) mass is 376 g/mol. The molecule has 1 N–H and O–H groups in total. The zero-order valence-electron chi connectivity index (χ0n) is 12.7. The highest BCUT2D eigenvalue weighted by Crippen LogP contribution is 2.11. The largest absolute Gasteiger partial charge is 0.497 e. The van der Waals surface area contributed by atoms with E-state index in [-0.39, 0.29) is 6.42 Å². The molecule has 1 amide bonds. The molecule has 120 valence electrons. The molecule has 1 heterocycles. The minimum absolute atomic E-state index is 0.00164. The molecule has 0 unspecified atom stereocenters. The van der Waals surface area contributed by atoms with E-state index >= 15 is 0 Å². The van der Waals surface area contributed by atoms with Crippen molar-refractivity contribution in [1.29, 1.82) is 0 Å². The van der Waals surface area contributed by atoms with E-state index in [1.807, 2.05) is 24.3 Å². The van der Waals surface area contributed by atoms with Crippen molar-refractivity contribution >= 4 is 27.6 Å². The highest BCUT2D eigenvalue weighted by atomic mass is 79.9. The van der Waals surface area contributed by atoms with Crippen molar-refractivity contribution < 1.29 is 14.3 Å². The molecule has 0 atom stereocenters. The van der Waals surface area contributed by atoms with E-state index in [1.165, 1.54) is 0 Å². The first-order valence-electron chi connectivity index (χ1n) is 7.13. The SMILES string of the molecule is COc1ccc(CCNC(=O)C(=O)Cc2ccc(Br)cn2)cc1. The fourth-order valence-electron chi connectivity index (χ4n) is 1.97. The third kappa shape index (κ3) is 5.49. The summed E-state index contributed by atoms with van der Waals surface area (Å²) in [4.78, 5) is 27.7. The smallest absolute Gasteiger partial charge is 0.287 e. The first-order chi connectivity index (χ1) is 11.1. The summed E-state index contributed by atoms with van der Waals surface area (Å²) < 4.78 is 5.92. The van der Waals surface area contributed by atoms with Gasteiger partial charge >= 0.3 is 0 Å². The Kier molecular flexibility index (Phi) is 6.29. The summed E-state index contributed by atoms with van der Waals surface area (Å²) in [5.41, 5.74) is 1.64. The van der Waals surface area contributed by atoms with Crippen LogP contribution in [0, 0.1) is 0 Å². The summed E-state index contributed by atoms with van der Waals surface area (Å²) in [5.74, 6) is -0.284. The minimum atomic E-state index is -0.580. The van der Waals surface area contributed by atoms with E-state index in [4.69, 9.17) is 4.74 Å². The van der Waals surface area contributed by atoms with Crippen molar-refractivity contribution in [3.05, 3.63) is 58.3 Å². The number of Topliss-reactive ketones (excluding diaryl/α,β-unsaturated/α-hetero) is 1. The van der Waals surface area contributed by atoms with Gasteiger partial charge in [-0.2, -0.15) is 0 Å². The van der Waals surface area contributed by atoms with E-state index in [1.54, 1.807) is 25.4 Å². The van der Waals surface area contributed by atoms with Gasteiger partial charge in [0.15, 0.2) is 0 Å². The van der Waals surface area contributed by atoms with Gasteiger partial charge in [-0.1, -0.05) is 12.1 Å². The van der Waals surface area contributed by atoms with Crippen molar-refractivity contribution in [3.8, 4) is 5.75 Å². The Hall–Kier alpha value is -2.21. The van der Waals surface area contributed by atoms with E-state index in [0.29, 0.717) is 18.7 Å². The van der Waals surface area contributed by atoms with E-state index in [2.05, 4.69) is 26.2 Å².